The summed E-state index contributed by atoms with van der Waals surface area (Å²) in [7, 11) is 1.67. The molecular weight excluding hydrogens is 320 g/mol. The number of benzene rings is 1. The second-order valence-electron chi connectivity index (χ2n) is 5.12. The van der Waals surface area contributed by atoms with E-state index >= 15 is 0 Å². The molecule has 1 aliphatic rings. The van der Waals surface area contributed by atoms with Gasteiger partial charge in [0, 0.05) is 35.9 Å². The number of nitrogens with one attached hydrogen (secondary N) is 1. The van der Waals surface area contributed by atoms with Crippen molar-refractivity contribution in [3.8, 4) is 0 Å². The lowest BCUT2D eigenvalue weighted by Crippen LogP contribution is -2.42. The van der Waals surface area contributed by atoms with E-state index in [1.165, 1.54) is 0 Å². The molecule has 5 heteroatoms. The highest BCUT2D eigenvalue weighted by Crippen LogP contribution is 2.29. The van der Waals surface area contributed by atoms with Crippen molar-refractivity contribution in [2.75, 3.05) is 25.0 Å². The number of rotatable bonds is 3. The molecule has 1 aliphatic heterocycles. The minimum absolute atomic E-state index is 0.00691. The van der Waals surface area contributed by atoms with Crippen molar-refractivity contribution in [2.45, 2.75) is 19.8 Å². The van der Waals surface area contributed by atoms with E-state index in [2.05, 4.69) is 26.1 Å². The standard InChI is InChI=1S/C15H19BrN2O2/c1-10(19)13-6-5-12(16)8-14(13)18-7-3-4-11(9-18)15(20)17-2/h5-6,8,11H,3-4,7,9H2,1-2H3,(H,17,20). The third-order valence-corrected chi connectivity index (χ3v) is 4.21. The summed E-state index contributed by atoms with van der Waals surface area (Å²) in [6, 6.07) is 5.68. The van der Waals surface area contributed by atoms with Gasteiger partial charge >= 0.3 is 0 Å². The molecule has 0 aliphatic carbocycles. The minimum Gasteiger partial charge on any atom is -0.370 e. The summed E-state index contributed by atoms with van der Waals surface area (Å²) in [5, 5.41) is 2.71. The van der Waals surface area contributed by atoms with E-state index in [1.54, 1.807) is 14.0 Å². The number of halogens is 1. The smallest absolute Gasteiger partial charge is 0.224 e. The van der Waals surface area contributed by atoms with Crippen LogP contribution in [0.2, 0.25) is 0 Å². The molecule has 2 rings (SSSR count). The van der Waals surface area contributed by atoms with Gasteiger partial charge in [0.2, 0.25) is 5.91 Å². The Labute approximate surface area is 127 Å². The predicted octanol–water partition coefficient (Wildman–Crippen LogP) is 2.61. The number of hydrogen-bond acceptors (Lipinski definition) is 3. The molecule has 1 N–H and O–H groups in total. The Balaban J connectivity index is 2.28. The zero-order valence-electron chi connectivity index (χ0n) is 11.8. The Morgan fingerprint density at radius 1 is 1.40 bits per heavy atom. The van der Waals surface area contributed by atoms with E-state index in [-0.39, 0.29) is 17.6 Å². The van der Waals surface area contributed by atoms with Crippen LogP contribution >= 0.6 is 15.9 Å². The van der Waals surface area contributed by atoms with Gasteiger partial charge in [-0.2, -0.15) is 0 Å². The number of ketones is 1. The van der Waals surface area contributed by atoms with E-state index in [0.717, 1.165) is 29.5 Å². The van der Waals surface area contributed by atoms with Gasteiger partial charge in [-0.25, -0.2) is 0 Å². The Bertz CT molecular complexity index is 531. The summed E-state index contributed by atoms with van der Waals surface area (Å²) in [4.78, 5) is 25.7. The average molecular weight is 339 g/mol. The molecule has 4 nitrogen and oxygen atoms in total. The van der Waals surface area contributed by atoms with Crippen LogP contribution in [0.4, 0.5) is 5.69 Å². The fourth-order valence-corrected chi connectivity index (χ4v) is 3.03. The Hall–Kier alpha value is -1.36. The molecule has 1 amide bonds. The van der Waals surface area contributed by atoms with Crippen molar-refractivity contribution in [1.82, 2.24) is 5.32 Å². The molecule has 1 fully saturated rings. The van der Waals surface area contributed by atoms with E-state index in [4.69, 9.17) is 0 Å². The molecule has 20 heavy (non-hydrogen) atoms. The van der Waals surface area contributed by atoms with Gasteiger partial charge in [-0.3, -0.25) is 9.59 Å². The van der Waals surface area contributed by atoms with Crippen molar-refractivity contribution in [3.05, 3.63) is 28.2 Å². The minimum atomic E-state index is -0.00691. The molecular formula is C15H19BrN2O2. The maximum absolute atomic E-state index is 11.8. The lowest BCUT2D eigenvalue weighted by molar-refractivity contribution is -0.124. The van der Waals surface area contributed by atoms with Gasteiger partial charge in [0.15, 0.2) is 5.78 Å². The lowest BCUT2D eigenvalue weighted by atomic mass is 9.95. The summed E-state index contributed by atoms with van der Waals surface area (Å²) in [6.07, 6.45) is 1.86. The number of piperidine rings is 1. The first-order valence-corrected chi connectivity index (χ1v) is 7.59. The molecule has 0 spiro atoms. The molecule has 1 saturated heterocycles. The highest BCUT2D eigenvalue weighted by molar-refractivity contribution is 9.10. The first-order chi connectivity index (χ1) is 9.52. The van der Waals surface area contributed by atoms with Crippen molar-refractivity contribution >= 4 is 33.3 Å². The number of hydrogen-bond donors (Lipinski definition) is 1. The van der Waals surface area contributed by atoms with Gasteiger partial charge in [0.05, 0.1) is 5.92 Å². The molecule has 1 atom stereocenters. The van der Waals surface area contributed by atoms with Crippen LogP contribution in [0.25, 0.3) is 0 Å². The molecule has 0 saturated carbocycles. The van der Waals surface area contributed by atoms with E-state index in [0.29, 0.717) is 12.1 Å². The van der Waals surface area contributed by atoms with Gasteiger partial charge in [-0.1, -0.05) is 15.9 Å². The van der Waals surface area contributed by atoms with Crippen LogP contribution in [0.5, 0.6) is 0 Å². The maximum Gasteiger partial charge on any atom is 0.224 e. The number of nitrogens with zero attached hydrogens (tertiary/aromatic N) is 1. The van der Waals surface area contributed by atoms with Crippen LogP contribution in [0, 0.1) is 5.92 Å². The molecule has 108 valence electrons. The summed E-state index contributed by atoms with van der Waals surface area (Å²) < 4.78 is 0.944. The van der Waals surface area contributed by atoms with Crippen LogP contribution in [-0.2, 0) is 4.79 Å². The quantitative estimate of drug-likeness (QED) is 0.862. The van der Waals surface area contributed by atoms with E-state index in [1.807, 2.05) is 18.2 Å². The maximum atomic E-state index is 11.8. The van der Waals surface area contributed by atoms with Crippen LogP contribution in [0.15, 0.2) is 22.7 Å². The van der Waals surface area contributed by atoms with E-state index in [9.17, 15) is 9.59 Å². The summed E-state index contributed by atoms with van der Waals surface area (Å²) in [6.45, 7) is 3.12. The number of carbonyl (C=O) groups is 2. The fourth-order valence-electron chi connectivity index (χ4n) is 2.68. The van der Waals surface area contributed by atoms with Gasteiger partial charge in [-0.05, 0) is 38.0 Å². The predicted molar refractivity (Wildman–Crippen MR) is 83.2 cm³/mol. The number of carbonyl (C=O) groups excluding carboxylic acids is 2. The molecule has 1 unspecified atom stereocenters. The van der Waals surface area contributed by atoms with Gasteiger partial charge < -0.3 is 10.2 Å². The van der Waals surface area contributed by atoms with E-state index < -0.39 is 0 Å². The third-order valence-electron chi connectivity index (χ3n) is 3.72. The van der Waals surface area contributed by atoms with Crippen molar-refractivity contribution in [3.63, 3.8) is 0 Å². The largest absolute Gasteiger partial charge is 0.370 e. The Morgan fingerprint density at radius 3 is 2.80 bits per heavy atom. The second-order valence-corrected chi connectivity index (χ2v) is 6.03. The molecule has 0 radical (unpaired) electrons. The molecule has 1 heterocycles. The highest BCUT2D eigenvalue weighted by atomic mass is 79.9. The number of anilines is 1. The monoisotopic (exact) mass is 338 g/mol. The molecule has 0 aromatic heterocycles. The topological polar surface area (TPSA) is 49.4 Å². The van der Waals surface area contributed by atoms with Crippen LogP contribution < -0.4 is 10.2 Å². The van der Waals surface area contributed by atoms with Crippen LogP contribution in [0.3, 0.4) is 0 Å². The fraction of sp³-hybridized carbons (Fsp3) is 0.467. The molecule has 0 bridgehead atoms. The third kappa shape index (κ3) is 3.20. The van der Waals surface area contributed by atoms with Gasteiger partial charge in [-0.15, -0.1) is 0 Å². The molecule has 1 aromatic carbocycles. The Morgan fingerprint density at radius 2 is 2.15 bits per heavy atom. The SMILES string of the molecule is CNC(=O)C1CCCN(c2cc(Br)ccc2C(C)=O)C1. The van der Waals surface area contributed by atoms with Crippen molar-refractivity contribution < 1.29 is 9.59 Å². The number of amides is 1. The second kappa shape index (κ2) is 6.39. The zero-order valence-corrected chi connectivity index (χ0v) is 13.4. The summed E-state index contributed by atoms with van der Waals surface area (Å²) >= 11 is 3.45. The Kier molecular flexibility index (Phi) is 4.81. The zero-order chi connectivity index (χ0) is 14.7. The summed E-state index contributed by atoms with van der Waals surface area (Å²) in [5.74, 6) is 0.121. The van der Waals surface area contributed by atoms with Gasteiger partial charge in [0.1, 0.15) is 0 Å². The number of Topliss-reactive ketones (excluding diaryl/α,β-unsaturated/α-hetero) is 1. The van der Waals surface area contributed by atoms with Crippen molar-refractivity contribution in [1.29, 1.82) is 0 Å². The molecule has 1 aromatic rings. The van der Waals surface area contributed by atoms with Crippen LogP contribution in [0.1, 0.15) is 30.1 Å². The first kappa shape index (κ1) is 15.0. The first-order valence-electron chi connectivity index (χ1n) is 6.80. The van der Waals surface area contributed by atoms with Gasteiger partial charge in [0.25, 0.3) is 0 Å². The van der Waals surface area contributed by atoms with Crippen molar-refractivity contribution in [2.24, 2.45) is 5.92 Å². The van der Waals surface area contributed by atoms with Crippen LogP contribution in [-0.4, -0.2) is 31.8 Å². The normalized spacial score (nSPS) is 18.8. The highest BCUT2D eigenvalue weighted by Gasteiger charge is 2.26. The summed E-state index contributed by atoms with van der Waals surface area (Å²) in [5.41, 5.74) is 1.63. The lowest BCUT2D eigenvalue weighted by Gasteiger charge is -2.34. The average Bonchev–Trinajstić information content (AvgIpc) is 2.46.